The van der Waals surface area contributed by atoms with Crippen molar-refractivity contribution in [2.24, 2.45) is 0 Å². The molecule has 3 rings (SSSR count). The molecule has 1 aliphatic heterocycles. The van der Waals surface area contributed by atoms with E-state index in [-0.39, 0.29) is 5.43 Å². The van der Waals surface area contributed by atoms with Crippen LogP contribution in [0.2, 0.25) is 0 Å². The number of nitrogens with one attached hydrogen (secondary N) is 1. The maximum Gasteiger partial charge on any atom is 0.223 e. The van der Waals surface area contributed by atoms with Gasteiger partial charge in [-0.05, 0) is 32.7 Å². The number of aromatic amines is 1. The number of rotatable bonds is 6. The molecule has 2 aromatic rings. The van der Waals surface area contributed by atoms with E-state index < -0.39 is 0 Å². The maximum atomic E-state index is 11.9. The zero-order valence-corrected chi connectivity index (χ0v) is 14.5. The Bertz CT molecular complexity index is 722. The number of likely N-dealkylation sites (tertiary alicyclic amines) is 1. The van der Waals surface area contributed by atoms with Crippen LogP contribution in [-0.2, 0) is 13.1 Å². The van der Waals surface area contributed by atoms with E-state index in [2.05, 4.69) is 19.4 Å². The quantitative estimate of drug-likeness (QED) is 0.883. The van der Waals surface area contributed by atoms with Crippen LogP contribution in [0.3, 0.4) is 0 Å². The number of ether oxygens (including phenoxy) is 1. The largest absolute Gasteiger partial charge is 0.491 e. The van der Waals surface area contributed by atoms with Crippen molar-refractivity contribution >= 4 is 0 Å². The van der Waals surface area contributed by atoms with Gasteiger partial charge in [0.1, 0.15) is 5.82 Å². The number of nitrogens with zero attached hydrogens (tertiary/aromatic N) is 3. The Balaban J connectivity index is 1.64. The van der Waals surface area contributed by atoms with Gasteiger partial charge in [-0.25, -0.2) is 4.98 Å². The molecule has 0 aliphatic carbocycles. The fourth-order valence-corrected chi connectivity index (χ4v) is 3.49. The van der Waals surface area contributed by atoms with Crippen molar-refractivity contribution in [3.8, 4) is 5.75 Å². The summed E-state index contributed by atoms with van der Waals surface area (Å²) < 4.78 is 7.25. The molecule has 0 amide bonds. The number of imidazole rings is 1. The van der Waals surface area contributed by atoms with E-state index in [1.807, 2.05) is 19.3 Å². The molecule has 130 valence electrons. The minimum Gasteiger partial charge on any atom is -0.491 e. The van der Waals surface area contributed by atoms with Crippen LogP contribution < -0.4 is 10.2 Å². The second kappa shape index (κ2) is 7.66. The molecule has 24 heavy (non-hydrogen) atoms. The molecule has 1 saturated heterocycles. The Labute approximate surface area is 142 Å². The fraction of sp³-hybridized carbons (Fsp3) is 0.556. The van der Waals surface area contributed by atoms with Crippen molar-refractivity contribution in [2.75, 3.05) is 13.7 Å². The fourth-order valence-electron chi connectivity index (χ4n) is 3.49. The summed E-state index contributed by atoms with van der Waals surface area (Å²) in [5.74, 6) is 1.43. The van der Waals surface area contributed by atoms with Crippen molar-refractivity contribution in [2.45, 2.75) is 51.7 Å². The number of H-pyrrole nitrogens is 1. The van der Waals surface area contributed by atoms with Crippen LogP contribution >= 0.6 is 0 Å². The Hall–Kier alpha value is -2.08. The first kappa shape index (κ1) is 16.8. The van der Waals surface area contributed by atoms with E-state index in [0.717, 1.165) is 37.6 Å². The van der Waals surface area contributed by atoms with Gasteiger partial charge in [0.25, 0.3) is 0 Å². The van der Waals surface area contributed by atoms with Crippen LogP contribution in [0.1, 0.15) is 37.2 Å². The normalized spacial score (nSPS) is 18.7. The third-order valence-electron chi connectivity index (χ3n) is 4.91. The summed E-state index contributed by atoms with van der Waals surface area (Å²) in [6.07, 6.45) is 10.4. The van der Waals surface area contributed by atoms with E-state index in [0.29, 0.717) is 11.8 Å². The van der Waals surface area contributed by atoms with Crippen molar-refractivity contribution in [3.63, 3.8) is 0 Å². The highest BCUT2D eigenvalue weighted by Crippen LogP contribution is 2.22. The first-order valence-electron chi connectivity index (χ1n) is 8.65. The monoisotopic (exact) mass is 330 g/mol. The van der Waals surface area contributed by atoms with Crippen LogP contribution in [0, 0.1) is 6.92 Å². The highest BCUT2D eigenvalue weighted by molar-refractivity contribution is 5.20. The average Bonchev–Trinajstić information content (AvgIpc) is 2.99. The number of pyridine rings is 1. The lowest BCUT2D eigenvalue weighted by Crippen LogP contribution is -2.39. The molecule has 0 unspecified atom stereocenters. The number of hydrogen-bond donors (Lipinski definition) is 1. The molecule has 0 radical (unpaired) electrons. The number of aryl methyl sites for hydroxylation is 2. The molecular formula is C18H26N4O2. The predicted octanol–water partition coefficient (Wildman–Crippen LogP) is 2.33. The minimum absolute atomic E-state index is 0.0613. The van der Waals surface area contributed by atoms with Gasteiger partial charge in [0.2, 0.25) is 5.43 Å². The van der Waals surface area contributed by atoms with E-state index >= 15 is 0 Å². The zero-order valence-electron chi connectivity index (χ0n) is 14.5. The molecule has 0 bridgehead atoms. The summed E-state index contributed by atoms with van der Waals surface area (Å²) in [6, 6.07) is 2.20. The molecule has 6 heteroatoms. The van der Waals surface area contributed by atoms with Crippen LogP contribution in [0.5, 0.6) is 5.75 Å². The smallest absolute Gasteiger partial charge is 0.223 e. The topological polar surface area (TPSA) is 63.1 Å². The summed E-state index contributed by atoms with van der Waals surface area (Å²) >= 11 is 0. The van der Waals surface area contributed by atoms with Crippen molar-refractivity contribution < 1.29 is 4.74 Å². The molecule has 1 N–H and O–H groups in total. The lowest BCUT2D eigenvalue weighted by atomic mass is 9.99. The van der Waals surface area contributed by atoms with Crippen molar-refractivity contribution in [3.05, 3.63) is 46.4 Å². The van der Waals surface area contributed by atoms with Gasteiger partial charge in [0, 0.05) is 49.5 Å². The second-order valence-corrected chi connectivity index (χ2v) is 6.47. The Morgan fingerprint density at radius 1 is 1.42 bits per heavy atom. The van der Waals surface area contributed by atoms with Gasteiger partial charge in [0.15, 0.2) is 5.75 Å². The maximum absolute atomic E-state index is 11.9. The first-order valence-corrected chi connectivity index (χ1v) is 8.65. The Morgan fingerprint density at radius 3 is 3.00 bits per heavy atom. The Morgan fingerprint density at radius 2 is 2.29 bits per heavy atom. The highest BCUT2D eigenvalue weighted by Gasteiger charge is 2.22. The van der Waals surface area contributed by atoms with Gasteiger partial charge in [-0.3, -0.25) is 9.69 Å². The molecule has 1 atom stereocenters. The van der Waals surface area contributed by atoms with Gasteiger partial charge in [0.05, 0.1) is 7.11 Å². The van der Waals surface area contributed by atoms with E-state index in [1.165, 1.54) is 26.4 Å². The molecule has 6 nitrogen and oxygen atoms in total. The van der Waals surface area contributed by atoms with Gasteiger partial charge in [-0.1, -0.05) is 6.42 Å². The summed E-state index contributed by atoms with van der Waals surface area (Å²) in [4.78, 5) is 21.9. The third-order valence-corrected chi connectivity index (χ3v) is 4.91. The third kappa shape index (κ3) is 3.87. The summed E-state index contributed by atoms with van der Waals surface area (Å²) in [5.41, 5.74) is 0.889. The molecule has 0 aromatic carbocycles. The molecule has 3 heterocycles. The van der Waals surface area contributed by atoms with Crippen molar-refractivity contribution in [1.82, 2.24) is 19.4 Å². The standard InChI is InChI=1S/C18H26N4O2/c1-14-19-7-10-21(14)9-6-16-5-3-4-8-22(16)13-15-11-17(23)18(24-2)12-20-15/h7,10-12,16H,3-6,8-9,13H2,1-2H3,(H,20,23)/t16-/m0/s1. The average molecular weight is 330 g/mol. The van der Waals surface area contributed by atoms with E-state index in [4.69, 9.17) is 4.74 Å². The highest BCUT2D eigenvalue weighted by atomic mass is 16.5. The SMILES string of the molecule is COc1c[nH]c(CN2CCCC[C@H]2CCn2ccnc2C)cc1=O. The van der Waals surface area contributed by atoms with E-state index in [1.54, 1.807) is 12.3 Å². The van der Waals surface area contributed by atoms with Crippen LogP contribution in [0.15, 0.2) is 29.5 Å². The number of piperidine rings is 1. The zero-order chi connectivity index (χ0) is 16.9. The number of hydrogen-bond acceptors (Lipinski definition) is 4. The summed E-state index contributed by atoms with van der Waals surface area (Å²) in [5, 5.41) is 0. The molecule has 2 aromatic heterocycles. The van der Waals surface area contributed by atoms with Gasteiger partial charge in [-0.2, -0.15) is 0 Å². The Kier molecular flexibility index (Phi) is 5.35. The second-order valence-electron chi connectivity index (χ2n) is 6.47. The summed E-state index contributed by atoms with van der Waals surface area (Å²) in [7, 11) is 1.52. The first-order chi connectivity index (χ1) is 11.7. The van der Waals surface area contributed by atoms with Crippen LogP contribution in [-0.4, -0.2) is 39.1 Å². The molecular weight excluding hydrogens is 304 g/mol. The summed E-state index contributed by atoms with van der Waals surface area (Å²) in [6.45, 7) is 4.90. The number of aromatic nitrogens is 3. The van der Waals surface area contributed by atoms with Gasteiger partial charge >= 0.3 is 0 Å². The number of methoxy groups -OCH3 is 1. The minimum atomic E-state index is -0.0613. The molecule has 0 spiro atoms. The lowest BCUT2D eigenvalue weighted by Gasteiger charge is -2.35. The van der Waals surface area contributed by atoms with Crippen molar-refractivity contribution in [1.29, 1.82) is 0 Å². The van der Waals surface area contributed by atoms with Gasteiger partial charge in [-0.15, -0.1) is 0 Å². The molecule has 1 fully saturated rings. The van der Waals surface area contributed by atoms with E-state index in [9.17, 15) is 4.79 Å². The molecule has 1 aliphatic rings. The molecule has 0 saturated carbocycles. The van der Waals surface area contributed by atoms with Crippen LogP contribution in [0.25, 0.3) is 0 Å². The van der Waals surface area contributed by atoms with Gasteiger partial charge < -0.3 is 14.3 Å². The lowest BCUT2D eigenvalue weighted by molar-refractivity contribution is 0.126. The predicted molar refractivity (Wildman–Crippen MR) is 93.2 cm³/mol. The van der Waals surface area contributed by atoms with Crippen LogP contribution in [0.4, 0.5) is 0 Å².